The van der Waals surface area contributed by atoms with Gasteiger partial charge in [-0.2, -0.15) is 5.26 Å². The quantitative estimate of drug-likeness (QED) is 0.730. The molecule has 1 aromatic heterocycles. The van der Waals surface area contributed by atoms with Gasteiger partial charge in [0.05, 0.1) is 0 Å². The normalized spacial score (nSPS) is 17.1. The Balaban J connectivity index is 2.11. The molecule has 0 amide bonds. The van der Waals surface area contributed by atoms with Crippen molar-refractivity contribution >= 4 is 0 Å². The van der Waals surface area contributed by atoms with Crippen molar-refractivity contribution in [3.63, 3.8) is 0 Å². The van der Waals surface area contributed by atoms with E-state index in [-0.39, 0.29) is 6.10 Å². The molecule has 0 aliphatic heterocycles. The van der Waals surface area contributed by atoms with Gasteiger partial charge in [0, 0.05) is 6.20 Å². The highest BCUT2D eigenvalue weighted by Gasteiger charge is 2.30. The lowest BCUT2D eigenvalue weighted by atomic mass is 10.2. The molecule has 0 bridgehead atoms. The Labute approximate surface area is 83.3 Å². The zero-order chi connectivity index (χ0) is 9.97. The molecule has 3 heteroatoms. The highest BCUT2D eigenvalue weighted by Crippen LogP contribution is 2.34. The van der Waals surface area contributed by atoms with E-state index < -0.39 is 0 Å². The Kier molecular flexibility index (Phi) is 2.36. The van der Waals surface area contributed by atoms with Gasteiger partial charge < -0.3 is 4.74 Å². The highest BCUT2D eigenvalue weighted by atomic mass is 16.5. The van der Waals surface area contributed by atoms with Crippen molar-refractivity contribution in [3.8, 4) is 11.9 Å². The van der Waals surface area contributed by atoms with Crippen molar-refractivity contribution < 1.29 is 4.74 Å². The summed E-state index contributed by atoms with van der Waals surface area (Å²) in [6, 6.07) is 5.54. The molecule has 3 nitrogen and oxygen atoms in total. The second kappa shape index (κ2) is 3.67. The SMILES string of the molecule is CC(Oc1ncccc1C#N)C1CC1. The molecule has 1 saturated carbocycles. The first-order chi connectivity index (χ1) is 6.81. The summed E-state index contributed by atoms with van der Waals surface area (Å²) in [6.07, 6.45) is 4.29. The molecule has 0 N–H and O–H groups in total. The number of rotatable bonds is 3. The van der Waals surface area contributed by atoms with Crippen LogP contribution in [0.5, 0.6) is 5.88 Å². The van der Waals surface area contributed by atoms with Crippen molar-refractivity contribution in [2.75, 3.05) is 0 Å². The highest BCUT2D eigenvalue weighted by molar-refractivity contribution is 5.37. The molecule has 0 aromatic carbocycles. The second-order valence-corrected chi connectivity index (χ2v) is 3.63. The number of aromatic nitrogens is 1. The fourth-order valence-corrected chi connectivity index (χ4v) is 1.41. The van der Waals surface area contributed by atoms with Crippen molar-refractivity contribution in [1.29, 1.82) is 5.26 Å². The van der Waals surface area contributed by atoms with Crippen molar-refractivity contribution in [2.45, 2.75) is 25.9 Å². The summed E-state index contributed by atoms with van der Waals surface area (Å²) in [5.41, 5.74) is 0.514. The Morgan fingerprint density at radius 3 is 3.07 bits per heavy atom. The van der Waals surface area contributed by atoms with Gasteiger partial charge in [0.1, 0.15) is 17.7 Å². The van der Waals surface area contributed by atoms with Crippen LogP contribution in [0.2, 0.25) is 0 Å². The molecular formula is C11H12N2O. The van der Waals surface area contributed by atoms with Crippen molar-refractivity contribution in [1.82, 2.24) is 4.98 Å². The van der Waals surface area contributed by atoms with E-state index in [4.69, 9.17) is 10.00 Å². The molecule has 1 aromatic rings. The zero-order valence-electron chi connectivity index (χ0n) is 8.10. The third-order valence-electron chi connectivity index (χ3n) is 2.47. The zero-order valence-corrected chi connectivity index (χ0v) is 8.10. The van der Waals surface area contributed by atoms with Gasteiger partial charge in [-0.3, -0.25) is 0 Å². The van der Waals surface area contributed by atoms with Crippen molar-refractivity contribution in [2.24, 2.45) is 5.92 Å². The van der Waals surface area contributed by atoms with E-state index in [1.807, 2.05) is 6.92 Å². The Bertz CT molecular complexity index is 366. The summed E-state index contributed by atoms with van der Waals surface area (Å²) in [7, 11) is 0. The summed E-state index contributed by atoms with van der Waals surface area (Å²) in [5, 5.41) is 8.82. The van der Waals surface area contributed by atoms with E-state index in [1.165, 1.54) is 12.8 Å². The van der Waals surface area contributed by atoms with Gasteiger partial charge in [-0.25, -0.2) is 4.98 Å². The molecule has 1 heterocycles. The van der Waals surface area contributed by atoms with Crippen LogP contribution in [-0.4, -0.2) is 11.1 Å². The van der Waals surface area contributed by atoms with Crippen LogP contribution in [0, 0.1) is 17.2 Å². The maximum Gasteiger partial charge on any atom is 0.231 e. The molecule has 0 radical (unpaired) electrons. The van der Waals surface area contributed by atoms with Crippen LogP contribution in [0.25, 0.3) is 0 Å². The molecule has 1 fully saturated rings. The molecule has 1 aliphatic carbocycles. The summed E-state index contributed by atoms with van der Waals surface area (Å²) in [6.45, 7) is 2.04. The number of nitrogens with zero attached hydrogens (tertiary/aromatic N) is 2. The van der Waals surface area contributed by atoms with Crippen LogP contribution < -0.4 is 4.74 Å². The van der Waals surface area contributed by atoms with E-state index in [0.717, 1.165) is 0 Å². The van der Waals surface area contributed by atoms with Gasteiger partial charge in [-0.15, -0.1) is 0 Å². The van der Waals surface area contributed by atoms with Crippen LogP contribution in [0.15, 0.2) is 18.3 Å². The number of ether oxygens (including phenoxy) is 1. The maximum absolute atomic E-state index is 8.82. The van der Waals surface area contributed by atoms with Gasteiger partial charge >= 0.3 is 0 Å². The lowest BCUT2D eigenvalue weighted by molar-refractivity contribution is 0.189. The molecule has 14 heavy (non-hydrogen) atoms. The molecule has 0 spiro atoms. The minimum absolute atomic E-state index is 0.178. The topological polar surface area (TPSA) is 45.9 Å². The predicted molar refractivity (Wildman–Crippen MR) is 51.8 cm³/mol. The Hall–Kier alpha value is -1.56. The monoisotopic (exact) mass is 188 g/mol. The van der Waals surface area contributed by atoms with Crippen LogP contribution in [0.1, 0.15) is 25.3 Å². The fraction of sp³-hybridized carbons (Fsp3) is 0.455. The molecule has 1 unspecified atom stereocenters. The molecule has 0 saturated heterocycles. The van der Waals surface area contributed by atoms with Crippen LogP contribution in [-0.2, 0) is 0 Å². The maximum atomic E-state index is 8.82. The minimum atomic E-state index is 0.178. The summed E-state index contributed by atoms with van der Waals surface area (Å²) >= 11 is 0. The van der Waals surface area contributed by atoms with Crippen LogP contribution in [0.4, 0.5) is 0 Å². The summed E-state index contributed by atoms with van der Waals surface area (Å²) in [4.78, 5) is 4.05. The molecular weight excluding hydrogens is 176 g/mol. The Morgan fingerprint density at radius 1 is 1.64 bits per heavy atom. The van der Waals surface area contributed by atoms with Gasteiger partial charge in [0.2, 0.25) is 5.88 Å². The van der Waals surface area contributed by atoms with Gasteiger partial charge in [0.25, 0.3) is 0 Å². The number of nitriles is 1. The van der Waals surface area contributed by atoms with E-state index in [9.17, 15) is 0 Å². The molecule has 2 rings (SSSR count). The van der Waals surface area contributed by atoms with Crippen LogP contribution in [0.3, 0.4) is 0 Å². The first-order valence-electron chi connectivity index (χ1n) is 4.83. The van der Waals surface area contributed by atoms with E-state index in [1.54, 1.807) is 18.3 Å². The van der Waals surface area contributed by atoms with Gasteiger partial charge in [0.15, 0.2) is 0 Å². The molecule has 1 aliphatic rings. The van der Waals surface area contributed by atoms with Gasteiger partial charge in [-0.05, 0) is 37.8 Å². The number of hydrogen-bond acceptors (Lipinski definition) is 3. The predicted octanol–water partition coefficient (Wildman–Crippen LogP) is 2.13. The van der Waals surface area contributed by atoms with Gasteiger partial charge in [-0.1, -0.05) is 0 Å². The summed E-state index contributed by atoms with van der Waals surface area (Å²) < 4.78 is 5.63. The summed E-state index contributed by atoms with van der Waals surface area (Å²) in [5.74, 6) is 1.12. The van der Waals surface area contributed by atoms with Crippen LogP contribution >= 0.6 is 0 Å². The van der Waals surface area contributed by atoms with Crippen molar-refractivity contribution in [3.05, 3.63) is 23.9 Å². The average Bonchev–Trinajstić information content (AvgIpc) is 3.02. The molecule has 1 atom stereocenters. The lowest BCUT2D eigenvalue weighted by Gasteiger charge is -2.13. The standard InChI is InChI=1S/C11H12N2O/c1-8(9-4-5-9)14-11-10(7-12)3-2-6-13-11/h2-3,6,8-9H,4-5H2,1H3. The first kappa shape index (κ1) is 9.01. The van der Waals surface area contributed by atoms with E-state index in [2.05, 4.69) is 11.1 Å². The average molecular weight is 188 g/mol. The largest absolute Gasteiger partial charge is 0.473 e. The Morgan fingerprint density at radius 2 is 2.43 bits per heavy atom. The lowest BCUT2D eigenvalue weighted by Crippen LogP contribution is -2.15. The smallest absolute Gasteiger partial charge is 0.231 e. The van der Waals surface area contributed by atoms with E-state index >= 15 is 0 Å². The number of hydrogen-bond donors (Lipinski definition) is 0. The minimum Gasteiger partial charge on any atom is -0.473 e. The third kappa shape index (κ3) is 1.85. The third-order valence-corrected chi connectivity index (χ3v) is 2.47. The molecule has 72 valence electrons. The van der Waals surface area contributed by atoms with E-state index in [0.29, 0.717) is 17.4 Å². The second-order valence-electron chi connectivity index (χ2n) is 3.63. The fourth-order valence-electron chi connectivity index (χ4n) is 1.41. The first-order valence-corrected chi connectivity index (χ1v) is 4.83. The number of pyridine rings is 1.